The van der Waals surface area contributed by atoms with E-state index in [1.54, 1.807) is 13.8 Å². The van der Waals surface area contributed by atoms with Gasteiger partial charge in [0.15, 0.2) is 0 Å². The van der Waals surface area contributed by atoms with Crippen molar-refractivity contribution in [1.29, 1.82) is 0 Å². The smallest absolute Gasteiger partial charge is 0.326 e. The van der Waals surface area contributed by atoms with Gasteiger partial charge in [0.2, 0.25) is 15.9 Å². The summed E-state index contributed by atoms with van der Waals surface area (Å²) < 4.78 is 25.5. The number of thioether (sulfide) groups is 1. The lowest BCUT2D eigenvalue weighted by Gasteiger charge is -2.22. The summed E-state index contributed by atoms with van der Waals surface area (Å²) in [7, 11) is -3.54. The zero-order chi connectivity index (χ0) is 16.6. The third-order valence-electron chi connectivity index (χ3n) is 2.86. The van der Waals surface area contributed by atoms with Crippen LogP contribution < -0.4 is 10.0 Å². The number of nitrogens with one attached hydrogen (secondary N) is 2. The summed E-state index contributed by atoms with van der Waals surface area (Å²) >= 11 is 1.48. The van der Waals surface area contributed by atoms with Gasteiger partial charge in [0, 0.05) is 0 Å². The van der Waals surface area contributed by atoms with Gasteiger partial charge in [0.05, 0.1) is 5.75 Å². The molecule has 9 heteroatoms. The largest absolute Gasteiger partial charge is 0.480 e. The molecule has 124 valence electrons. The molecule has 21 heavy (non-hydrogen) atoms. The zero-order valence-electron chi connectivity index (χ0n) is 12.8. The van der Waals surface area contributed by atoms with Crippen molar-refractivity contribution in [3.8, 4) is 0 Å². The molecule has 0 aromatic rings. The van der Waals surface area contributed by atoms with Gasteiger partial charge in [-0.25, -0.2) is 17.9 Å². The fraction of sp³-hybridized carbons (Fsp3) is 0.833. The summed E-state index contributed by atoms with van der Waals surface area (Å²) in [6.07, 6.45) is 2.15. The van der Waals surface area contributed by atoms with E-state index in [0.717, 1.165) is 0 Å². The van der Waals surface area contributed by atoms with Crippen LogP contribution in [0, 0.1) is 5.92 Å². The van der Waals surface area contributed by atoms with Crippen LogP contribution in [-0.2, 0) is 19.6 Å². The van der Waals surface area contributed by atoms with E-state index in [0.29, 0.717) is 12.2 Å². The highest BCUT2D eigenvalue weighted by atomic mass is 32.2. The van der Waals surface area contributed by atoms with Crippen LogP contribution in [-0.4, -0.2) is 55.2 Å². The monoisotopic (exact) mass is 340 g/mol. The number of hydrogen-bond donors (Lipinski definition) is 3. The Morgan fingerprint density at radius 3 is 2.24 bits per heavy atom. The molecule has 3 N–H and O–H groups in total. The standard InChI is InChI=1S/C12H24N2O5S2/c1-5-21(18,19)14-9(6-7-20-4)11(15)13-10(8(2)3)12(16)17/h8-10,14H,5-7H2,1-4H3,(H,13,15)(H,16,17)/t9?,10-/m0/s1. The van der Waals surface area contributed by atoms with E-state index in [-0.39, 0.29) is 11.7 Å². The number of aliphatic carboxylic acids is 1. The maximum Gasteiger partial charge on any atom is 0.326 e. The number of sulfonamides is 1. The van der Waals surface area contributed by atoms with E-state index in [4.69, 9.17) is 5.11 Å². The molecular weight excluding hydrogens is 316 g/mol. The average molecular weight is 340 g/mol. The molecule has 2 atom stereocenters. The van der Waals surface area contributed by atoms with Crippen LogP contribution in [0.2, 0.25) is 0 Å². The second-order valence-corrected chi connectivity index (χ2v) is 7.95. The van der Waals surface area contributed by atoms with Crippen LogP contribution in [0.25, 0.3) is 0 Å². The van der Waals surface area contributed by atoms with Crippen LogP contribution in [0.3, 0.4) is 0 Å². The van der Waals surface area contributed by atoms with Crippen LogP contribution in [0.4, 0.5) is 0 Å². The highest BCUT2D eigenvalue weighted by Gasteiger charge is 2.29. The van der Waals surface area contributed by atoms with Crippen LogP contribution >= 0.6 is 11.8 Å². The summed E-state index contributed by atoms with van der Waals surface area (Å²) in [5, 5.41) is 11.5. The molecule has 0 spiro atoms. The SMILES string of the molecule is CCS(=O)(=O)NC(CCSC)C(=O)N[C@H](C(=O)O)C(C)C. The first-order chi connectivity index (χ1) is 9.64. The topological polar surface area (TPSA) is 113 Å². The third kappa shape index (κ3) is 7.68. The van der Waals surface area contributed by atoms with Gasteiger partial charge < -0.3 is 10.4 Å². The van der Waals surface area contributed by atoms with Gasteiger partial charge in [0.1, 0.15) is 12.1 Å². The summed E-state index contributed by atoms with van der Waals surface area (Å²) in [6.45, 7) is 4.82. The van der Waals surface area contributed by atoms with Gasteiger partial charge in [-0.15, -0.1) is 0 Å². The first-order valence-corrected chi connectivity index (χ1v) is 9.71. The number of carboxylic acids is 1. The Hall–Kier alpha value is -0.800. The molecule has 0 bridgehead atoms. The fourth-order valence-electron chi connectivity index (χ4n) is 1.55. The van der Waals surface area contributed by atoms with Crippen molar-refractivity contribution < 1.29 is 23.1 Å². The molecule has 0 saturated heterocycles. The molecule has 0 heterocycles. The number of carboxylic acid groups (broad SMARTS) is 1. The van der Waals surface area contributed by atoms with E-state index in [1.807, 2.05) is 6.26 Å². The highest BCUT2D eigenvalue weighted by molar-refractivity contribution is 7.98. The molecule has 0 aliphatic heterocycles. The number of amides is 1. The van der Waals surface area contributed by atoms with Gasteiger partial charge in [-0.05, 0) is 31.3 Å². The molecule has 0 rings (SSSR count). The van der Waals surface area contributed by atoms with Crippen molar-refractivity contribution in [2.24, 2.45) is 5.92 Å². The molecule has 0 aliphatic rings. The van der Waals surface area contributed by atoms with Crippen molar-refractivity contribution in [3.05, 3.63) is 0 Å². The fourth-order valence-corrected chi connectivity index (χ4v) is 2.84. The minimum Gasteiger partial charge on any atom is -0.480 e. The molecule has 7 nitrogen and oxygen atoms in total. The molecule has 0 aliphatic carbocycles. The minimum atomic E-state index is -3.54. The van der Waals surface area contributed by atoms with E-state index in [9.17, 15) is 18.0 Å². The molecule has 1 amide bonds. The first kappa shape index (κ1) is 20.2. The third-order valence-corrected chi connectivity index (χ3v) is 4.91. The van der Waals surface area contributed by atoms with Gasteiger partial charge in [-0.1, -0.05) is 13.8 Å². The van der Waals surface area contributed by atoms with Gasteiger partial charge >= 0.3 is 5.97 Å². The van der Waals surface area contributed by atoms with Crippen LogP contribution in [0.15, 0.2) is 0 Å². The quantitative estimate of drug-likeness (QED) is 0.526. The molecule has 0 fully saturated rings. The Labute approximate surface area is 130 Å². The Kier molecular flexibility index (Phi) is 8.91. The summed E-state index contributed by atoms with van der Waals surface area (Å²) in [6, 6.07) is -2.00. The number of hydrogen-bond acceptors (Lipinski definition) is 5. The normalized spacial score (nSPS) is 14.7. The summed E-state index contributed by atoms with van der Waals surface area (Å²) in [4.78, 5) is 23.2. The summed E-state index contributed by atoms with van der Waals surface area (Å²) in [5.74, 6) is -1.59. The van der Waals surface area contributed by atoms with E-state index >= 15 is 0 Å². The predicted octanol–water partition coefficient (Wildman–Crippen LogP) is 0.273. The zero-order valence-corrected chi connectivity index (χ0v) is 14.4. The Morgan fingerprint density at radius 2 is 1.86 bits per heavy atom. The van der Waals surface area contributed by atoms with E-state index in [2.05, 4.69) is 10.0 Å². The van der Waals surface area contributed by atoms with Crippen molar-refractivity contribution >= 4 is 33.7 Å². The number of rotatable bonds is 10. The first-order valence-electron chi connectivity index (χ1n) is 6.66. The van der Waals surface area contributed by atoms with E-state index < -0.39 is 34.0 Å². The second kappa shape index (κ2) is 9.26. The highest BCUT2D eigenvalue weighted by Crippen LogP contribution is 2.06. The second-order valence-electron chi connectivity index (χ2n) is 4.92. The van der Waals surface area contributed by atoms with Gasteiger partial charge in [0.25, 0.3) is 0 Å². The molecule has 0 aromatic carbocycles. The molecular formula is C12H24N2O5S2. The average Bonchev–Trinajstić information content (AvgIpc) is 2.39. The molecule has 0 saturated carbocycles. The lowest BCUT2D eigenvalue weighted by Crippen LogP contribution is -2.53. The Morgan fingerprint density at radius 1 is 1.29 bits per heavy atom. The lowest BCUT2D eigenvalue weighted by atomic mass is 10.0. The maximum atomic E-state index is 12.2. The van der Waals surface area contributed by atoms with Crippen LogP contribution in [0.5, 0.6) is 0 Å². The minimum absolute atomic E-state index is 0.136. The van der Waals surface area contributed by atoms with Gasteiger partial charge in [-0.2, -0.15) is 11.8 Å². The van der Waals surface area contributed by atoms with Crippen molar-refractivity contribution in [1.82, 2.24) is 10.0 Å². The molecule has 0 aromatic heterocycles. The van der Waals surface area contributed by atoms with Gasteiger partial charge in [-0.3, -0.25) is 4.79 Å². The van der Waals surface area contributed by atoms with Crippen LogP contribution in [0.1, 0.15) is 27.2 Å². The molecule has 1 unspecified atom stereocenters. The van der Waals surface area contributed by atoms with E-state index in [1.165, 1.54) is 18.7 Å². The number of carbonyl (C=O) groups is 2. The Bertz CT molecular complexity index is 451. The van der Waals surface area contributed by atoms with Crippen molar-refractivity contribution in [3.63, 3.8) is 0 Å². The summed E-state index contributed by atoms with van der Waals surface area (Å²) in [5.41, 5.74) is 0. The Balaban J connectivity index is 4.98. The number of carbonyl (C=O) groups excluding carboxylic acids is 1. The predicted molar refractivity (Wildman–Crippen MR) is 83.8 cm³/mol. The van der Waals surface area contributed by atoms with Crippen molar-refractivity contribution in [2.75, 3.05) is 17.8 Å². The molecule has 0 radical (unpaired) electrons. The lowest BCUT2D eigenvalue weighted by molar-refractivity contribution is -0.143. The van der Waals surface area contributed by atoms with Crippen molar-refractivity contribution in [2.45, 2.75) is 39.3 Å². The maximum absolute atomic E-state index is 12.2.